The molecule has 2 amide bonds. The predicted molar refractivity (Wildman–Crippen MR) is 78.6 cm³/mol. The van der Waals surface area contributed by atoms with Crippen LogP contribution >= 0.6 is 0 Å². The molecule has 5 nitrogen and oxygen atoms in total. The number of hydrazone groups is 1. The highest BCUT2D eigenvalue weighted by Crippen LogP contribution is 2.31. The SMILES string of the molecule is CC1(C)CC(=O)C/C(=N/NC(=O)NC2CCCCC2)C1. The van der Waals surface area contributed by atoms with Gasteiger partial charge in [-0.15, -0.1) is 0 Å². The summed E-state index contributed by atoms with van der Waals surface area (Å²) in [4.78, 5) is 23.4. The number of hydrogen-bond acceptors (Lipinski definition) is 3. The van der Waals surface area contributed by atoms with Crippen LogP contribution in [0.1, 0.15) is 65.2 Å². The average molecular weight is 279 g/mol. The number of ketones is 1. The molecule has 2 aliphatic carbocycles. The molecule has 2 aliphatic rings. The van der Waals surface area contributed by atoms with E-state index in [1.807, 2.05) is 0 Å². The molecule has 0 aromatic carbocycles. The predicted octanol–water partition coefficient (Wildman–Crippen LogP) is 2.75. The van der Waals surface area contributed by atoms with Gasteiger partial charge in [0.25, 0.3) is 0 Å². The lowest BCUT2D eigenvalue weighted by atomic mass is 9.76. The molecule has 2 saturated carbocycles. The minimum absolute atomic E-state index is 0.0459. The van der Waals surface area contributed by atoms with Crippen LogP contribution in [-0.2, 0) is 4.79 Å². The fourth-order valence-corrected chi connectivity index (χ4v) is 3.17. The van der Waals surface area contributed by atoms with Gasteiger partial charge in [-0.05, 0) is 24.7 Å². The Morgan fingerprint density at radius 2 is 1.90 bits per heavy atom. The Morgan fingerprint density at radius 3 is 2.55 bits per heavy atom. The maximum absolute atomic E-state index is 11.8. The Morgan fingerprint density at radius 1 is 1.20 bits per heavy atom. The summed E-state index contributed by atoms with van der Waals surface area (Å²) in [6.07, 6.45) is 7.46. The van der Waals surface area contributed by atoms with Gasteiger partial charge >= 0.3 is 6.03 Å². The van der Waals surface area contributed by atoms with Gasteiger partial charge in [-0.3, -0.25) is 4.79 Å². The van der Waals surface area contributed by atoms with Crippen molar-refractivity contribution in [3.8, 4) is 0 Å². The van der Waals surface area contributed by atoms with E-state index in [0.29, 0.717) is 12.8 Å². The summed E-state index contributed by atoms with van der Waals surface area (Å²) in [5.41, 5.74) is 3.28. The van der Waals surface area contributed by atoms with Crippen molar-refractivity contribution >= 4 is 17.5 Å². The molecule has 0 aliphatic heterocycles. The first-order valence-electron chi connectivity index (χ1n) is 7.58. The van der Waals surface area contributed by atoms with E-state index in [2.05, 4.69) is 29.7 Å². The quantitative estimate of drug-likeness (QED) is 0.763. The third-order valence-electron chi connectivity index (χ3n) is 4.02. The zero-order valence-electron chi connectivity index (χ0n) is 12.5. The molecule has 0 unspecified atom stereocenters. The van der Waals surface area contributed by atoms with Crippen molar-refractivity contribution in [3.05, 3.63) is 0 Å². The zero-order valence-corrected chi connectivity index (χ0v) is 12.5. The van der Waals surface area contributed by atoms with E-state index in [4.69, 9.17) is 0 Å². The second-order valence-corrected chi connectivity index (χ2v) is 6.83. The molecule has 0 atom stereocenters. The standard InChI is InChI=1S/C15H25N3O2/c1-15(2)9-12(8-13(19)10-15)17-18-14(20)16-11-6-4-3-5-7-11/h11H,3-10H2,1-2H3,(H2,16,18,20)/b17-12-. The summed E-state index contributed by atoms with van der Waals surface area (Å²) in [6, 6.07) is 0.0219. The molecule has 112 valence electrons. The van der Waals surface area contributed by atoms with Crippen LogP contribution in [-0.4, -0.2) is 23.6 Å². The topological polar surface area (TPSA) is 70.6 Å². The van der Waals surface area contributed by atoms with Gasteiger partial charge in [0.2, 0.25) is 0 Å². The van der Waals surface area contributed by atoms with E-state index in [1.165, 1.54) is 19.3 Å². The summed E-state index contributed by atoms with van der Waals surface area (Å²) in [5.74, 6) is 0.203. The van der Waals surface area contributed by atoms with Crippen LogP contribution in [0.5, 0.6) is 0 Å². The van der Waals surface area contributed by atoms with E-state index in [1.54, 1.807) is 0 Å². The van der Waals surface area contributed by atoms with Crippen molar-refractivity contribution in [1.82, 2.24) is 10.7 Å². The van der Waals surface area contributed by atoms with Gasteiger partial charge < -0.3 is 5.32 Å². The molecule has 0 radical (unpaired) electrons. The first kappa shape index (κ1) is 15.0. The third-order valence-corrected chi connectivity index (χ3v) is 4.02. The second-order valence-electron chi connectivity index (χ2n) is 6.83. The Balaban J connectivity index is 1.82. The van der Waals surface area contributed by atoms with E-state index in [0.717, 1.165) is 25.0 Å². The van der Waals surface area contributed by atoms with Gasteiger partial charge in [0.1, 0.15) is 5.78 Å². The minimum Gasteiger partial charge on any atom is -0.334 e. The van der Waals surface area contributed by atoms with Crippen molar-refractivity contribution in [2.24, 2.45) is 10.5 Å². The number of Topliss-reactive ketones (excluding diaryl/α,β-unsaturated/α-hetero) is 1. The Hall–Kier alpha value is -1.39. The summed E-state index contributed by atoms with van der Waals surface area (Å²) >= 11 is 0. The lowest BCUT2D eigenvalue weighted by molar-refractivity contribution is -0.120. The normalized spacial score (nSPS) is 25.5. The van der Waals surface area contributed by atoms with E-state index in [-0.39, 0.29) is 23.3 Å². The molecule has 0 heterocycles. The monoisotopic (exact) mass is 279 g/mol. The lowest BCUT2D eigenvalue weighted by Gasteiger charge is -2.29. The first-order chi connectivity index (χ1) is 9.44. The molecule has 2 N–H and O–H groups in total. The van der Waals surface area contributed by atoms with Gasteiger partial charge in [-0.25, -0.2) is 10.2 Å². The summed E-state index contributed by atoms with van der Waals surface area (Å²) < 4.78 is 0. The van der Waals surface area contributed by atoms with Crippen molar-refractivity contribution < 1.29 is 9.59 Å². The van der Waals surface area contributed by atoms with Crippen LogP contribution < -0.4 is 10.7 Å². The maximum atomic E-state index is 11.8. The van der Waals surface area contributed by atoms with Crippen LogP contribution in [0.25, 0.3) is 0 Å². The van der Waals surface area contributed by atoms with Gasteiger partial charge in [-0.2, -0.15) is 5.10 Å². The Bertz CT molecular complexity index is 409. The fourth-order valence-electron chi connectivity index (χ4n) is 3.17. The van der Waals surface area contributed by atoms with Gasteiger partial charge in [-0.1, -0.05) is 33.1 Å². The van der Waals surface area contributed by atoms with E-state index in [9.17, 15) is 9.59 Å². The highest BCUT2D eigenvalue weighted by Gasteiger charge is 2.30. The van der Waals surface area contributed by atoms with Crippen LogP contribution in [0.3, 0.4) is 0 Å². The van der Waals surface area contributed by atoms with Gasteiger partial charge in [0.05, 0.1) is 0 Å². The Kier molecular flexibility index (Phi) is 4.78. The van der Waals surface area contributed by atoms with Crippen molar-refractivity contribution in [1.29, 1.82) is 0 Å². The van der Waals surface area contributed by atoms with Crippen LogP contribution in [0.2, 0.25) is 0 Å². The molecule has 20 heavy (non-hydrogen) atoms. The second kappa shape index (κ2) is 6.37. The molecular weight excluding hydrogens is 254 g/mol. The summed E-state index contributed by atoms with van der Waals surface area (Å²) in [6.45, 7) is 4.11. The molecule has 0 spiro atoms. The largest absolute Gasteiger partial charge is 0.335 e. The lowest BCUT2D eigenvalue weighted by Crippen LogP contribution is -2.41. The number of carbonyl (C=O) groups excluding carboxylic acids is 2. The first-order valence-corrected chi connectivity index (χ1v) is 7.58. The average Bonchev–Trinajstić information content (AvgIpc) is 2.35. The van der Waals surface area contributed by atoms with Gasteiger partial charge in [0, 0.05) is 24.6 Å². The number of urea groups is 1. The zero-order chi connectivity index (χ0) is 14.6. The summed E-state index contributed by atoms with van der Waals surface area (Å²) in [7, 11) is 0. The molecule has 2 fully saturated rings. The molecule has 2 rings (SSSR count). The smallest absolute Gasteiger partial charge is 0.334 e. The highest BCUT2D eigenvalue weighted by molar-refractivity contribution is 6.05. The van der Waals surface area contributed by atoms with Crippen LogP contribution in [0.4, 0.5) is 4.79 Å². The Labute approximate surface area is 120 Å². The number of nitrogens with zero attached hydrogens (tertiary/aromatic N) is 1. The van der Waals surface area contributed by atoms with Gasteiger partial charge in [0.15, 0.2) is 0 Å². The van der Waals surface area contributed by atoms with Crippen molar-refractivity contribution in [2.45, 2.75) is 71.3 Å². The molecule has 0 bridgehead atoms. The molecule has 5 heteroatoms. The summed E-state index contributed by atoms with van der Waals surface area (Å²) in [5, 5.41) is 7.08. The third kappa shape index (κ3) is 4.62. The highest BCUT2D eigenvalue weighted by atomic mass is 16.2. The fraction of sp³-hybridized carbons (Fsp3) is 0.800. The van der Waals surface area contributed by atoms with Crippen LogP contribution in [0, 0.1) is 5.41 Å². The maximum Gasteiger partial charge on any atom is 0.335 e. The van der Waals surface area contributed by atoms with Crippen LogP contribution in [0.15, 0.2) is 5.10 Å². The number of nitrogens with one attached hydrogen (secondary N) is 2. The molecule has 0 aromatic heterocycles. The molecule has 0 aromatic rings. The van der Waals surface area contributed by atoms with Crippen molar-refractivity contribution in [2.75, 3.05) is 0 Å². The molecular formula is C15H25N3O2. The van der Waals surface area contributed by atoms with Crippen molar-refractivity contribution in [3.63, 3.8) is 0 Å². The minimum atomic E-state index is -0.250. The number of rotatable bonds is 2. The number of carbonyl (C=O) groups is 2. The van der Waals surface area contributed by atoms with E-state index < -0.39 is 0 Å². The number of hydrogen-bond donors (Lipinski definition) is 2. The number of amides is 2. The molecule has 0 saturated heterocycles. The van der Waals surface area contributed by atoms with E-state index >= 15 is 0 Å².